The molecular weight excluding hydrogens is 276 g/mol. The molecule has 0 saturated heterocycles. The van der Waals surface area contributed by atoms with Gasteiger partial charge in [-0.25, -0.2) is 0 Å². The molecule has 0 heterocycles. The molecule has 0 aromatic heterocycles. The summed E-state index contributed by atoms with van der Waals surface area (Å²) < 4.78 is 10.6. The molecule has 0 aliphatic rings. The second-order valence-electron chi connectivity index (χ2n) is 4.62. The van der Waals surface area contributed by atoms with Gasteiger partial charge in [-0.2, -0.15) is 0 Å². The van der Waals surface area contributed by atoms with E-state index in [9.17, 15) is 5.11 Å². The van der Waals surface area contributed by atoms with Crippen molar-refractivity contribution in [3.8, 4) is 11.5 Å². The molecule has 1 unspecified atom stereocenters. The minimum Gasteiger partial charge on any atom is -0.496 e. The SMILES string of the molecule is COc1ccccc1C(C)(O)c1cc(Cl)ccc1OC. The Balaban J connectivity index is 2.62. The van der Waals surface area contributed by atoms with Crippen molar-refractivity contribution < 1.29 is 14.6 Å². The van der Waals surface area contributed by atoms with Gasteiger partial charge in [0.1, 0.15) is 17.1 Å². The number of para-hydroxylation sites is 1. The molecule has 0 aliphatic carbocycles. The first-order valence-corrected chi connectivity index (χ1v) is 6.58. The normalized spacial score (nSPS) is 13.7. The summed E-state index contributed by atoms with van der Waals surface area (Å²) in [5.41, 5.74) is -0.0249. The molecular formula is C16H17ClO3. The van der Waals surface area contributed by atoms with Gasteiger partial charge in [0, 0.05) is 16.1 Å². The monoisotopic (exact) mass is 292 g/mol. The first kappa shape index (κ1) is 14.7. The Labute approximate surface area is 123 Å². The van der Waals surface area contributed by atoms with E-state index in [1.165, 1.54) is 0 Å². The van der Waals surface area contributed by atoms with Gasteiger partial charge >= 0.3 is 0 Å². The van der Waals surface area contributed by atoms with Crippen molar-refractivity contribution in [2.75, 3.05) is 14.2 Å². The Bertz CT molecular complexity index is 608. The lowest BCUT2D eigenvalue weighted by molar-refractivity contribution is 0.0958. The second kappa shape index (κ2) is 5.73. The lowest BCUT2D eigenvalue weighted by Crippen LogP contribution is -2.24. The van der Waals surface area contributed by atoms with E-state index in [2.05, 4.69) is 0 Å². The van der Waals surface area contributed by atoms with E-state index >= 15 is 0 Å². The summed E-state index contributed by atoms with van der Waals surface area (Å²) in [5, 5.41) is 11.5. The highest BCUT2D eigenvalue weighted by atomic mass is 35.5. The lowest BCUT2D eigenvalue weighted by Gasteiger charge is -2.28. The molecule has 2 rings (SSSR count). The molecule has 0 aliphatic heterocycles. The highest BCUT2D eigenvalue weighted by Gasteiger charge is 2.32. The maximum atomic E-state index is 11.0. The number of ether oxygens (including phenoxy) is 2. The van der Waals surface area contributed by atoms with Crippen LogP contribution in [0.15, 0.2) is 42.5 Å². The summed E-state index contributed by atoms with van der Waals surface area (Å²) in [6.45, 7) is 1.69. The Morgan fingerprint density at radius 3 is 2.20 bits per heavy atom. The van der Waals surface area contributed by atoms with Crippen LogP contribution in [0.4, 0.5) is 0 Å². The number of aliphatic hydroxyl groups is 1. The van der Waals surface area contributed by atoms with E-state index in [1.807, 2.05) is 18.2 Å². The van der Waals surface area contributed by atoms with Gasteiger partial charge in [0.25, 0.3) is 0 Å². The van der Waals surface area contributed by atoms with Crippen LogP contribution in [0.3, 0.4) is 0 Å². The fourth-order valence-corrected chi connectivity index (χ4v) is 2.42. The molecule has 106 valence electrons. The van der Waals surface area contributed by atoms with E-state index in [0.717, 1.165) is 0 Å². The minimum absolute atomic E-state index is 0.538. The van der Waals surface area contributed by atoms with Crippen LogP contribution >= 0.6 is 11.6 Å². The van der Waals surface area contributed by atoms with E-state index in [0.29, 0.717) is 27.6 Å². The Morgan fingerprint density at radius 1 is 0.950 bits per heavy atom. The maximum absolute atomic E-state index is 11.0. The Morgan fingerprint density at radius 2 is 1.55 bits per heavy atom. The number of halogens is 1. The summed E-state index contributed by atoms with van der Waals surface area (Å²) in [6.07, 6.45) is 0. The molecule has 4 heteroatoms. The minimum atomic E-state index is -1.27. The largest absolute Gasteiger partial charge is 0.496 e. The third-order valence-corrected chi connectivity index (χ3v) is 3.55. The van der Waals surface area contributed by atoms with Crippen molar-refractivity contribution in [3.63, 3.8) is 0 Å². The zero-order valence-electron chi connectivity index (χ0n) is 11.7. The number of rotatable bonds is 4. The molecule has 1 N–H and O–H groups in total. The molecule has 2 aromatic carbocycles. The highest BCUT2D eigenvalue weighted by molar-refractivity contribution is 6.30. The van der Waals surface area contributed by atoms with Crippen LogP contribution in [-0.4, -0.2) is 19.3 Å². The highest BCUT2D eigenvalue weighted by Crippen LogP contribution is 2.40. The summed E-state index contributed by atoms with van der Waals surface area (Å²) in [6, 6.07) is 12.5. The lowest BCUT2D eigenvalue weighted by atomic mass is 9.87. The average Bonchev–Trinajstić information content (AvgIpc) is 2.47. The van der Waals surface area contributed by atoms with Crippen LogP contribution in [0.5, 0.6) is 11.5 Å². The van der Waals surface area contributed by atoms with Gasteiger partial charge in [-0.1, -0.05) is 29.8 Å². The van der Waals surface area contributed by atoms with Crippen LogP contribution in [0.1, 0.15) is 18.1 Å². The molecule has 0 fully saturated rings. The molecule has 0 amide bonds. The van der Waals surface area contributed by atoms with Crippen molar-refractivity contribution in [1.29, 1.82) is 0 Å². The molecule has 1 atom stereocenters. The predicted octanol–water partition coefficient (Wildman–Crippen LogP) is 3.61. The van der Waals surface area contributed by atoms with Crippen molar-refractivity contribution in [1.82, 2.24) is 0 Å². The van der Waals surface area contributed by atoms with Crippen molar-refractivity contribution in [3.05, 3.63) is 58.6 Å². The van der Waals surface area contributed by atoms with Crippen LogP contribution < -0.4 is 9.47 Å². The molecule has 0 bridgehead atoms. The van der Waals surface area contributed by atoms with Crippen molar-refractivity contribution in [2.24, 2.45) is 0 Å². The fourth-order valence-electron chi connectivity index (χ4n) is 2.25. The average molecular weight is 293 g/mol. The number of benzene rings is 2. The molecule has 0 radical (unpaired) electrons. The van der Waals surface area contributed by atoms with Crippen molar-refractivity contribution in [2.45, 2.75) is 12.5 Å². The van der Waals surface area contributed by atoms with Gasteiger partial charge < -0.3 is 14.6 Å². The van der Waals surface area contributed by atoms with Gasteiger partial charge in [-0.3, -0.25) is 0 Å². The molecule has 20 heavy (non-hydrogen) atoms. The standard InChI is InChI=1S/C16H17ClO3/c1-16(18,12-6-4-5-7-14(12)19-2)13-10-11(17)8-9-15(13)20-3/h4-10,18H,1-3H3. The smallest absolute Gasteiger partial charge is 0.125 e. The summed E-state index contributed by atoms with van der Waals surface area (Å²) in [5.74, 6) is 1.19. The number of methoxy groups -OCH3 is 2. The van der Waals surface area contributed by atoms with Gasteiger partial charge in [0.2, 0.25) is 0 Å². The number of hydrogen-bond donors (Lipinski definition) is 1. The van der Waals surface area contributed by atoms with E-state index in [4.69, 9.17) is 21.1 Å². The third kappa shape index (κ3) is 2.60. The predicted molar refractivity (Wildman–Crippen MR) is 79.7 cm³/mol. The summed E-state index contributed by atoms with van der Waals surface area (Å²) in [7, 11) is 3.13. The quantitative estimate of drug-likeness (QED) is 0.935. The molecule has 2 aromatic rings. The second-order valence-corrected chi connectivity index (χ2v) is 5.05. The fraction of sp³-hybridized carbons (Fsp3) is 0.250. The zero-order valence-corrected chi connectivity index (χ0v) is 12.4. The van der Waals surface area contributed by atoms with Crippen LogP contribution in [0.2, 0.25) is 5.02 Å². The van der Waals surface area contributed by atoms with Gasteiger partial charge in [0.15, 0.2) is 0 Å². The zero-order chi connectivity index (χ0) is 14.8. The van der Waals surface area contributed by atoms with E-state index in [-0.39, 0.29) is 0 Å². The first-order valence-electron chi connectivity index (χ1n) is 6.20. The third-order valence-electron chi connectivity index (χ3n) is 3.32. The van der Waals surface area contributed by atoms with E-state index < -0.39 is 5.60 Å². The molecule has 0 saturated carbocycles. The van der Waals surface area contributed by atoms with Crippen LogP contribution in [0.25, 0.3) is 0 Å². The van der Waals surface area contributed by atoms with Gasteiger partial charge in [-0.05, 0) is 31.2 Å². The number of hydrogen-bond acceptors (Lipinski definition) is 3. The molecule has 3 nitrogen and oxygen atoms in total. The van der Waals surface area contributed by atoms with Gasteiger partial charge in [-0.15, -0.1) is 0 Å². The molecule has 0 spiro atoms. The van der Waals surface area contributed by atoms with Gasteiger partial charge in [0.05, 0.1) is 14.2 Å². The summed E-state index contributed by atoms with van der Waals surface area (Å²) >= 11 is 6.04. The maximum Gasteiger partial charge on any atom is 0.125 e. The van der Waals surface area contributed by atoms with Crippen LogP contribution in [-0.2, 0) is 5.60 Å². The Hall–Kier alpha value is -1.71. The first-order chi connectivity index (χ1) is 9.50. The topological polar surface area (TPSA) is 38.7 Å². The van der Waals surface area contributed by atoms with Crippen LogP contribution in [0, 0.1) is 0 Å². The summed E-state index contributed by atoms with van der Waals surface area (Å²) in [4.78, 5) is 0. The Kier molecular flexibility index (Phi) is 4.21. The van der Waals surface area contributed by atoms with Crippen molar-refractivity contribution >= 4 is 11.6 Å². The van der Waals surface area contributed by atoms with E-state index in [1.54, 1.807) is 45.4 Å².